The molecule has 0 unspecified atom stereocenters. The number of hydrogen-bond acceptors (Lipinski definition) is 7. The minimum atomic E-state index is -0.0141. The van der Waals surface area contributed by atoms with E-state index in [2.05, 4.69) is 38.3 Å². The maximum atomic E-state index is 13.2. The molecule has 0 saturated carbocycles. The highest BCUT2D eigenvalue weighted by atomic mass is 16.5. The molecule has 2 aliphatic rings. The third-order valence-corrected chi connectivity index (χ3v) is 7.76. The van der Waals surface area contributed by atoms with Gasteiger partial charge in [0.2, 0.25) is 5.88 Å². The largest absolute Gasteiger partial charge is 0.474 e. The minimum absolute atomic E-state index is 0.0141. The molecule has 196 valence electrons. The van der Waals surface area contributed by atoms with Crippen LogP contribution >= 0.6 is 0 Å². The highest BCUT2D eigenvalue weighted by molar-refractivity contribution is 5.97. The summed E-state index contributed by atoms with van der Waals surface area (Å²) >= 11 is 0. The topological polar surface area (TPSA) is 86.0 Å². The highest BCUT2D eigenvalue weighted by Crippen LogP contribution is 2.26. The number of nitrogens with zero attached hydrogens (tertiary/aromatic N) is 6. The third-order valence-electron chi connectivity index (χ3n) is 7.76. The smallest absolute Gasteiger partial charge is 0.214 e. The number of ketones is 1. The number of aryl methyl sites for hydroxylation is 1. The van der Waals surface area contributed by atoms with Crippen LogP contribution in [0.3, 0.4) is 0 Å². The summed E-state index contributed by atoms with van der Waals surface area (Å²) in [5.74, 6) is 1.64. The first-order valence-corrected chi connectivity index (χ1v) is 13.7. The molecule has 6 heterocycles. The number of likely N-dealkylation sites (tertiary alicyclic amines) is 1. The molecule has 1 saturated heterocycles. The Kier molecular flexibility index (Phi) is 6.89. The molecule has 1 fully saturated rings. The van der Waals surface area contributed by atoms with Crippen molar-refractivity contribution in [1.29, 1.82) is 0 Å². The second kappa shape index (κ2) is 10.6. The zero-order valence-corrected chi connectivity index (χ0v) is 22.1. The van der Waals surface area contributed by atoms with E-state index in [1.807, 2.05) is 24.4 Å². The van der Waals surface area contributed by atoms with E-state index >= 15 is 0 Å². The predicted octanol–water partition coefficient (Wildman–Crippen LogP) is 4.90. The van der Waals surface area contributed by atoms with Crippen molar-refractivity contribution in [2.75, 3.05) is 13.1 Å². The summed E-state index contributed by atoms with van der Waals surface area (Å²) < 4.78 is 8.43. The molecule has 0 amide bonds. The van der Waals surface area contributed by atoms with Gasteiger partial charge in [-0.15, -0.1) is 0 Å². The minimum Gasteiger partial charge on any atom is -0.474 e. The Balaban J connectivity index is 1.16. The van der Waals surface area contributed by atoms with Crippen molar-refractivity contribution in [3.05, 3.63) is 66.0 Å². The van der Waals surface area contributed by atoms with Crippen molar-refractivity contribution in [2.24, 2.45) is 0 Å². The number of ether oxygens (including phenoxy) is 1. The van der Waals surface area contributed by atoms with E-state index in [1.54, 1.807) is 24.5 Å². The number of carbonyl (C=O) groups is 1. The summed E-state index contributed by atoms with van der Waals surface area (Å²) in [5, 5.41) is 0.950. The highest BCUT2D eigenvalue weighted by Gasteiger charge is 2.23. The number of piperidine rings is 1. The first-order chi connectivity index (χ1) is 18.5. The number of rotatable bonds is 7. The van der Waals surface area contributed by atoms with Gasteiger partial charge < -0.3 is 14.2 Å². The van der Waals surface area contributed by atoms with Crippen LogP contribution in [0, 0.1) is 0 Å². The zero-order chi connectivity index (χ0) is 26.1. The standard InChI is InChI=1S/C30H34N6O2/c1-20(2)35-13-9-24(10-14-35)38-30-15-21(8-11-31-30)28(37)17-23-16-26-22(18-32-23)6-7-25(34-26)27-19-33-29-5-3-4-12-36(27)29/h6-8,11,15-16,18-20,24H,3-5,9-10,12-14,17H2,1-2H3. The van der Waals surface area contributed by atoms with E-state index in [0.29, 0.717) is 23.2 Å². The van der Waals surface area contributed by atoms with Gasteiger partial charge in [-0.1, -0.05) is 0 Å². The van der Waals surface area contributed by atoms with Gasteiger partial charge in [0, 0.05) is 61.5 Å². The van der Waals surface area contributed by atoms with E-state index in [4.69, 9.17) is 9.72 Å². The van der Waals surface area contributed by atoms with Crippen molar-refractivity contribution < 1.29 is 9.53 Å². The molecule has 4 aromatic rings. The van der Waals surface area contributed by atoms with E-state index in [9.17, 15) is 4.79 Å². The second-order valence-corrected chi connectivity index (χ2v) is 10.7. The summed E-state index contributed by atoms with van der Waals surface area (Å²) in [6, 6.07) is 10.0. The molecule has 4 aromatic heterocycles. The average Bonchev–Trinajstić information content (AvgIpc) is 3.37. The van der Waals surface area contributed by atoms with Gasteiger partial charge in [-0.05, 0) is 63.8 Å². The molecule has 2 aliphatic heterocycles. The normalized spacial score (nSPS) is 16.6. The Hall–Kier alpha value is -3.65. The zero-order valence-electron chi connectivity index (χ0n) is 22.1. The van der Waals surface area contributed by atoms with Crippen molar-refractivity contribution >= 4 is 16.7 Å². The second-order valence-electron chi connectivity index (χ2n) is 10.7. The van der Waals surface area contributed by atoms with Gasteiger partial charge in [0.05, 0.1) is 35.2 Å². The van der Waals surface area contributed by atoms with E-state index < -0.39 is 0 Å². The van der Waals surface area contributed by atoms with Crippen molar-refractivity contribution in [2.45, 2.75) is 71.1 Å². The fourth-order valence-corrected chi connectivity index (χ4v) is 5.51. The molecular formula is C30H34N6O2. The van der Waals surface area contributed by atoms with Crippen LogP contribution in [-0.4, -0.2) is 60.4 Å². The van der Waals surface area contributed by atoms with Crippen LogP contribution in [0.2, 0.25) is 0 Å². The Bertz CT molecular complexity index is 1450. The summed E-state index contributed by atoms with van der Waals surface area (Å²) in [7, 11) is 0. The number of carbonyl (C=O) groups excluding carboxylic acids is 1. The van der Waals surface area contributed by atoms with Crippen molar-refractivity contribution in [3.8, 4) is 17.3 Å². The average molecular weight is 511 g/mol. The first-order valence-electron chi connectivity index (χ1n) is 13.7. The van der Waals surface area contributed by atoms with Gasteiger partial charge in [-0.25, -0.2) is 15.0 Å². The third kappa shape index (κ3) is 5.18. The molecule has 0 bridgehead atoms. The molecule has 6 rings (SSSR count). The number of Topliss-reactive ketones (excluding diaryl/α,β-unsaturated/α-hetero) is 1. The molecule has 38 heavy (non-hydrogen) atoms. The van der Waals surface area contributed by atoms with Crippen LogP contribution < -0.4 is 4.74 Å². The molecule has 0 N–H and O–H groups in total. The number of aromatic nitrogens is 5. The van der Waals surface area contributed by atoms with Crippen LogP contribution in [0.1, 0.15) is 61.4 Å². The summed E-state index contributed by atoms with van der Waals surface area (Å²) in [6.07, 6.45) is 11.0. The molecule has 0 spiro atoms. The van der Waals surface area contributed by atoms with Gasteiger partial charge >= 0.3 is 0 Å². The fourth-order valence-electron chi connectivity index (χ4n) is 5.51. The first kappa shape index (κ1) is 24.7. The Morgan fingerprint density at radius 2 is 1.89 bits per heavy atom. The predicted molar refractivity (Wildman–Crippen MR) is 146 cm³/mol. The van der Waals surface area contributed by atoms with Crippen molar-refractivity contribution in [1.82, 2.24) is 29.4 Å². The maximum absolute atomic E-state index is 13.2. The number of pyridine rings is 3. The molecule has 0 aliphatic carbocycles. The van der Waals surface area contributed by atoms with E-state index in [0.717, 1.165) is 67.0 Å². The Labute approximate surface area is 223 Å². The lowest BCUT2D eigenvalue weighted by atomic mass is 10.1. The quantitative estimate of drug-likeness (QED) is 0.327. The van der Waals surface area contributed by atoms with Crippen molar-refractivity contribution in [3.63, 3.8) is 0 Å². The summed E-state index contributed by atoms with van der Waals surface area (Å²) in [4.78, 5) is 34.1. The molecule has 8 nitrogen and oxygen atoms in total. The lowest BCUT2D eigenvalue weighted by molar-refractivity contribution is 0.0809. The number of hydrogen-bond donors (Lipinski definition) is 0. The van der Waals surface area contributed by atoms with Gasteiger partial charge in [-0.2, -0.15) is 0 Å². The fraction of sp³-hybridized carbons (Fsp3) is 0.433. The molecule has 0 aromatic carbocycles. The maximum Gasteiger partial charge on any atom is 0.214 e. The van der Waals surface area contributed by atoms with Crippen LogP contribution in [-0.2, 0) is 19.4 Å². The Morgan fingerprint density at radius 1 is 1.03 bits per heavy atom. The lowest BCUT2D eigenvalue weighted by Gasteiger charge is -2.34. The molecular weight excluding hydrogens is 476 g/mol. The van der Waals surface area contributed by atoms with Gasteiger partial charge in [-0.3, -0.25) is 9.78 Å². The monoisotopic (exact) mass is 510 g/mol. The molecule has 8 heteroatoms. The lowest BCUT2D eigenvalue weighted by Crippen LogP contribution is -2.41. The number of imidazole rings is 1. The van der Waals surface area contributed by atoms with Gasteiger partial charge in [0.15, 0.2) is 5.78 Å². The SMILES string of the molecule is CC(C)N1CCC(Oc2cc(C(=O)Cc3cc4nc(-c5cnc6n5CCCC6)ccc4cn3)ccn2)CC1. The summed E-state index contributed by atoms with van der Waals surface area (Å²) in [5.41, 5.74) is 4.07. The van der Waals surface area contributed by atoms with E-state index in [-0.39, 0.29) is 18.3 Å². The number of fused-ring (bicyclic) bond motifs is 2. The van der Waals surface area contributed by atoms with Crippen LogP contribution in [0.4, 0.5) is 0 Å². The van der Waals surface area contributed by atoms with Crippen LogP contribution in [0.5, 0.6) is 5.88 Å². The summed E-state index contributed by atoms with van der Waals surface area (Å²) in [6.45, 7) is 7.48. The van der Waals surface area contributed by atoms with Crippen LogP contribution in [0.25, 0.3) is 22.3 Å². The van der Waals surface area contributed by atoms with Gasteiger partial charge in [0.25, 0.3) is 0 Å². The van der Waals surface area contributed by atoms with Crippen LogP contribution in [0.15, 0.2) is 48.9 Å². The van der Waals surface area contributed by atoms with Gasteiger partial charge in [0.1, 0.15) is 11.9 Å². The Morgan fingerprint density at radius 3 is 2.74 bits per heavy atom. The molecule has 0 radical (unpaired) electrons. The molecule has 0 atom stereocenters. The van der Waals surface area contributed by atoms with E-state index in [1.165, 1.54) is 12.8 Å².